The van der Waals surface area contributed by atoms with Crippen LogP contribution in [0, 0.1) is 10.1 Å². The second kappa shape index (κ2) is 8.61. The van der Waals surface area contributed by atoms with Gasteiger partial charge in [-0.3, -0.25) is 14.9 Å². The molecule has 0 saturated carbocycles. The number of anilines is 1. The molecule has 1 N–H and O–H groups in total. The Balaban J connectivity index is 1.58. The lowest BCUT2D eigenvalue weighted by Gasteiger charge is -2.13. The summed E-state index contributed by atoms with van der Waals surface area (Å²) in [6.45, 7) is 1.51. The van der Waals surface area contributed by atoms with Crippen molar-refractivity contribution in [3.63, 3.8) is 0 Å². The molecule has 2 aromatic rings. The van der Waals surface area contributed by atoms with Crippen LogP contribution in [0.25, 0.3) is 6.08 Å². The first-order chi connectivity index (χ1) is 13.8. The fourth-order valence-corrected chi connectivity index (χ4v) is 2.57. The molecular formula is C19H15ClN2O7. The third-order valence-electron chi connectivity index (χ3n) is 3.89. The molecule has 0 unspecified atom stereocenters. The fourth-order valence-electron chi connectivity index (χ4n) is 2.41. The van der Waals surface area contributed by atoms with E-state index in [1.165, 1.54) is 31.2 Å². The standard InChI is InChI=1S/C19H15ClN2O7/c1-11(19(24)21-15-9-13(22(25)26)4-5-14(15)20)29-18(23)7-3-12-2-6-16-17(8-12)28-10-27-16/h2-9,11H,10H2,1H3,(H,21,24)/b7-3-/t11-/m0/s1. The van der Waals surface area contributed by atoms with E-state index in [9.17, 15) is 19.7 Å². The molecular weight excluding hydrogens is 404 g/mol. The number of hydrogen-bond acceptors (Lipinski definition) is 7. The molecule has 150 valence electrons. The fraction of sp³-hybridized carbons (Fsp3) is 0.158. The lowest BCUT2D eigenvalue weighted by atomic mass is 10.2. The lowest BCUT2D eigenvalue weighted by Crippen LogP contribution is -2.29. The number of ether oxygens (including phenoxy) is 3. The monoisotopic (exact) mass is 418 g/mol. The van der Waals surface area contributed by atoms with Gasteiger partial charge >= 0.3 is 5.97 Å². The molecule has 2 aromatic carbocycles. The molecule has 1 aliphatic rings. The van der Waals surface area contributed by atoms with Gasteiger partial charge < -0.3 is 19.5 Å². The Hall–Kier alpha value is -3.59. The smallest absolute Gasteiger partial charge is 0.331 e. The molecule has 0 fully saturated rings. The molecule has 3 rings (SSSR count). The van der Waals surface area contributed by atoms with E-state index in [2.05, 4.69) is 5.32 Å². The van der Waals surface area contributed by atoms with Crippen LogP contribution in [0.5, 0.6) is 11.5 Å². The average molecular weight is 419 g/mol. The van der Waals surface area contributed by atoms with Crippen molar-refractivity contribution in [2.75, 3.05) is 12.1 Å². The van der Waals surface area contributed by atoms with E-state index in [1.807, 2.05) is 0 Å². The predicted molar refractivity (Wildman–Crippen MR) is 104 cm³/mol. The van der Waals surface area contributed by atoms with Crippen LogP contribution in [0.15, 0.2) is 42.5 Å². The maximum atomic E-state index is 12.2. The summed E-state index contributed by atoms with van der Waals surface area (Å²) in [5.41, 5.74) is 0.498. The van der Waals surface area contributed by atoms with Gasteiger partial charge in [0, 0.05) is 18.2 Å². The van der Waals surface area contributed by atoms with Crippen LogP contribution in [-0.2, 0) is 14.3 Å². The highest BCUT2D eigenvalue weighted by atomic mass is 35.5. The normalized spacial score (nSPS) is 13.2. The number of amides is 1. The number of carbonyl (C=O) groups excluding carboxylic acids is 2. The number of nitro groups is 1. The molecule has 10 heteroatoms. The van der Waals surface area contributed by atoms with Crippen LogP contribution in [0.4, 0.5) is 11.4 Å². The van der Waals surface area contributed by atoms with Crippen molar-refractivity contribution < 1.29 is 28.7 Å². The van der Waals surface area contributed by atoms with Gasteiger partial charge in [-0.25, -0.2) is 4.79 Å². The van der Waals surface area contributed by atoms with Gasteiger partial charge in [-0.2, -0.15) is 0 Å². The summed E-state index contributed by atoms with van der Waals surface area (Å²) in [5, 5.41) is 13.4. The second-order valence-corrected chi connectivity index (χ2v) is 6.34. The van der Waals surface area contributed by atoms with Crippen molar-refractivity contribution in [2.45, 2.75) is 13.0 Å². The Bertz CT molecular complexity index is 1010. The Morgan fingerprint density at radius 1 is 1.24 bits per heavy atom. The van der Waals surface area contributed by atoms with E-state index in [4.69, 9.17) is 25.8 Å². The second-order valence-electron chi connectivity index (χ2n) is 5.94. The van der Waals surface area contributed by atoms with E-state index >= 15 is 0 Å². The predicted octanol–water partition coefficient (Wildman–Crippen LogP) is 3.56. The summed E-state index contributed by atoms with van der Waals surface area (Å²) in [7, 11) is 0. The minimum Gasteiger partial charge on any atom is -0.454 e. The molecule has 0 radical (unpaired) electrons. The molecule has 1 aliphatic heterocycles. The van der Waals surface area contributed by atoms with Gasteiger partial charge in [-0.05, 0) is 36.8 Å². The van der Waals surface area contributed by atoms with Crippen molar-refractivity contribution in [1.82, 2.24) is 0 Å². The van der Waals surface area contributed by atoms with Crippen LogP contribution in [0.3, 0.4) is 0 Å². The molecule has 0 aromatic heterocycles. The van der Waals surface area contributed by atoms with Crippen molar-refractivity contribution in [1.29, 1.82) is 0 Å². The first-order valence-corrected chi connectivity index (χ1v) is 8.74. The summed E-state index contributed by atoms with van der Waals surface area (Å²) < 4.78 is 15.5. The Kier molecular flexibility index (Phi) is 5.99. The highest BCUT2D eigenvalue weighted by Gasteiger charge is 2.19. The van der Waals surface area contributed by atoms with Crippen molar-refractivity contribution in [2.24, 2.45) is 0 Å². The van der Waals surface area contributed by atoms with Gasteiger partial charge in [0.1, 0.15) is 0 Å². The average Bonchev–Trinajstić information content (AvgIpc) is 3.15. The number of nitrogens with one attached hydrogen (secondary N) is 1. The zero-order valence-electron chi connectivity index (χ0n) is 15.1. The summed E-state index contributed by atoms with van der Waals surface area (Å²) in [5.74, 6) is -0.232. The number of nitro benzene ring substituents is 1. The van der Waals surface area contributed by atoms with E-state index in [1.54, 1.807) is 18.2 Å². The Labute approximate surface area is 170 Å². The van der Waals surface area contributed by atoms with E-state index in [-0.39, 0.29) is 23.2 Å². The molecule has 1 atom stereocenters. The number of esters is 1. The number of non-ortho nitro benzene ring substituents is 1. The summed E-state index contributed by atoms with van der Waals surface area (Å²) in [6, 6.07) is 8.77. The number of hydrogen-bond donors (Lipinski definition) is 1. The Morgan fingerprint density at radius 2 is 2.00 bits per heavy atom. The molecule has 1 amide bonds. The summed E-state index contributed by atoms with van der Waals surface area (Å²) in [4.78, 5) is 34.4. The van der Waals surface area contributed by atoms with Gasteiger partial charge in [0.15, 0.2) is 17.6 Å². The zero-order valence-corrected chi connectivity index (χ0v) is 15.8. The van der Waals surface area contributed by atoms with Gasteiger partial charge in [-0.1, -0.05) is 17.7 Å². The molecule has 1 heterocycles. The molecule has 0 spiro atoms. The first-order valence-electron chi connectivity index (χ1n) is 8.36. The number of rotatable bonds is 6. The zero-order chi connectivity index (χ0) is 21.0. The highest BCUT2D eigenvalue weighted by molar-refractivity contribution is 6.33. The van der Waals surface area contributed by atoms with Crippen molar-refractivity contribution in [3.05, 3.63) is 63.2 Å². The number of halogens is 1. The first kappa shape index (κ1) is 20.2. The van der Waals surface area contributed by atoms with E-state index < -0.39 is 22.9 Å². The maximum absolute atomic E-state index is 12.2. The van der Waals surface area contributed by atoms with Crippen molar-refractivity contribution in [3.8, 4) is 11.5 Å². The minimum atomic E-state index is -1.15. The van der Waals surface area contributed by atoms with Crippen LogP contribution < -0.4 is 14.8 Å². The maximum Gasteiger partial charge on any atom is 0.331 e. The topological polar surface area (TPSA) is 117 Å². The number of carbonyl (C=O) groups is 2. The van der Waals surface area contributed by atoms with Crippen LogP contribution >= 0.6 is 11.6 Å². The largest absolute Gasteiger partial charge is 0.454 e. The summed E-state index contributed by atoms with van der Waals surface area (Å²) >= 11 is 5.94. The van der Waals surface area contributed by atoms with E-state index in [0.29, 0.717) is 17.1 Å². The van der Waals surface area contributed by atoms with E-state index in [0.717, 1.165) is 6.07 Å². The molecule has 0 saturated heterocycles. The van der Waals surface area contributed by atoms with Gasteiger partial charge in [0.05, 0.1) is 15.6 Å². The van der Waals surface area contributed by atoms with Crippen LogP contribution in [-0.4, -0.2) is 29.7 Å². The number of nitrogens with zero attached hydrogens (tertiary/aromatic N) is 1. The molecule has 0 aliphatic carbocycles. The summed E-state index contributed by atoms with van der Waals surface area (Å²) in [6.07, 6.45) is 1.52. The van der Waals surface area contributed by atoms with Crippen LogP contribution in [0.2, 0.25) is 5.02 Å². The van der Waals surface area contributed by atoms with Crippen molar-refractivity contribution >= 4 is 40.9 Å². The SMILES string of the molecule is C[C@H](OC(=O)/C=C\c1ccc2c(c1)OCO2)C(=O)Nc1cc([N+](=O)[O-])ccc1Cl. The van der Waals surface area contributed by atoms with Crippen LogP contribution in [0.1, 0.15) is 12.5 Å². The molecule has 9 nitrogen and oxygen atoms in total. The molecule has 0 bridgehead atoms. The van der Waals surface area contributed by atoms with Gasteiger partial charge in [-0.15, -0.1) is 0 Å². The Morgan fingerprint density at radius 3 is 2.76 bits per heavy atom. The third-order valence-corrected chi connectivity index (χ3v) is 4.22. The van der Waals surface area contributed by atoms with Gasteiger partial charge in [0.25, 0.3) is 11.6 Å². The lowest BCUT2D eigenvalue weighted by molar-refractivity contribution is -0.384. The molecule has 29 heavy (non-hydrogen) atoms. The highest BCUT2D eigenvalue weighted by Crippen LogP contribution is 2.32. The number of benzene rings is 2. The minimum absolute atomic E-state index is 0.0460. The quantitative estimate of drug-likeness (QED) is 0.330. The third kappa shape index (κ3) is 5.02. The number of fused-ring (bicyclic) bond motifs is 1. The van der Waals surface area contributed by atoms with Gasteiger partial charge in [0.2, 0.25) is 6.79 Å².